The number of carbonyl (C=O) groups is 1. The summed E-state index contributed by atoms with van der Waals surface area (Å²) in [5.74, 6) is -0.877. The Bertz CT molecular complexity index is 1010. The van der Waals surface area contributed by atoms with Crippen molar-refractivity contribution in [2.75, 3.05) is 0 Å². The van der Waals surface area contributed by atoms with E-state index in [1.54, 1.807) is 24.3 Å². The molecule has 0 saturated carbocycles. The molecule has 7 nitrogen and oxygen atoms in total. The number of sulfonamides is 1. The average Bonchev–Trinajstić information content (AvgIpc) is 2.64. The fourth-order valence-electron chi connectivity index (χ4n) is 2.79. The molecule has 0 aliphatic heterocycles. The number of nitriles is 1. The van der Waals surface area contributed by atoms with Gasteiger partial charge in [-0.15, -0.1) is 0 Å². The molecule has 0 spiro atoms. The van der Waals surface area contributed by atoms with E-state index in [0.29, 0.717) is 16.1 Å². The number of nitrogens with zero attached hydrogens (tertiary/aromatic N) is 2. The van der Waals surface area contributed by atoms with Gasteiger partial charge in [-0.25, -0.2) is 8.42 Å². The molecule has 0 heterocycles. The highest BCUT2D eigenvalue weighted by atomic mass is 35.5. The number of hydrogen-bond acceptors (Lipinski definition) is 5. The number of nitrogens with two attached hydrogens (primary N) is 1. The van der Waals surface area contributed by atoms with E-state index in [2.05, 4.69) is 0 Å². The number of aliphatic hydroxyl groups is 1. The van der Waals surface area contributed by atoms with Crippen molar-refractivity contribution in [2.24, 2.45) is 5.73 Å². The summed E-state index contributed by atoms with van der Waals surface area (Å²) in [6, 6.07) is 12.6. The van der Waals surface area contributed by atoms with Crippen molar-refractivity contribution in [3.05, 3.63) is 64.7 Å². The molecule has 29 heavy (non-hydrogen) atoms. The van der Waals surface area contributed by atoms with E-state index in [4.69, 9.17) is 22.6 Å². The minimum absolute atomic E-state index is 0.0578. The van der Waals surface area contributed by atoms with Gasteiger partial charge in [-0.05, 0) is 55.8 Å². The van der Waals surface area contributed by atoms with Gasteiger partial charge in [0.15, 0.2) is 0 Å². The number of rotatable bonds is 8. The van der Waals surface area contributed by atoms with Crippen LogP contribution in [-0.4, -0.2) is 35.4 Å². The van der Waals surface area contributed by atoms with Crippen molar-refractivity contribution in [1.29, 1.82) is 5.26 Å². The number of carbonyl (C=O) groups excluding carboxylic acids is 1. The third-order valence-electron chi connectivity index (χ3n) is 4.21. The quantitative estimate of drug-likeness (QED) is 0.658. The lowest BCUT2D eigenvalue weighted by Gasteiger charge is -2.32. The van der Waals surface area contributed by atoms with Gasteiger partial charge in [0.25, 0.3) is 0 Å². The number of hydrogen-bond donors (Lipinski definition) is 2. The van der Waals surface area contributed by atoms with Gasteiger partial charge in [0.1, 0.15) is 6.04 Å². The van der Waals surface area contributed by atoms with E-state index in [-0.39, 0.29) is 17.9 Å². The summed E-state index contributed by atoms with van der Waals surface area (Å²) in [6.07, 6.45) is -0.189. The van der Waals surface area contributed by atoms with Crippen LogP contribution in [-0.2, 0) is 21.4 Å². The molecule has 0 fully saturated rings. The summed E-state index contributed by atoms with van der Waals surface area (Å²) < 4.78 is 27.7. The lowest BCUT2D eigenvalue weighted by atomic mass is 9.98. The van der Waals surface area contributed by atoms with E-state index >= 15 is 0 Å². The third kappa shape index (κ3) is 6.02. The number of primary amides is 1. The molecule has 0 aliphatic rings. The van der Waals surface area contributed by atoms with Crippen LogP contribution < -0.4 is 5.73 Å². The summed E-state index contributed by atoms with van der Waals surface area (Å²) in [4.78, 5) is 12.1. The Morgan fingerprint density at radius 3 is 2.21 bits per heavy atom. The van der Waals surface area contributed by atoms with Crippen LogP contribution in [0.1, 0.15) is 31.4 Å². The second kappa shape index (κ2) is 8.93. The summed E-state index contributed by atoms with van der Waals surface area (Å²) in [7, 11) is -4.15. The summed E-state index contributed by atoms with van der Waals surface area (Å²) in [5, 5.41) is 19.5. The van der Waals surface area contributed by atoms with Gasteiger partial charge in [-0.1, -0.05) is 23.7 Å². The lowest BCUT2D eigenvalue weighted by Crippen LogP contribution is -2.50. The molecule has 3 N–H and O–H groups in total. The second-order valence-electron chi connectivity index (χ2n) is 7.25. The van der Waals surface area contributed by atoms with E-state index in [1.165, 1.54) is 38.1 Å². The van der Waals surface area contributed by atoms with Crippen LogP contribution in [0.2, 0.25) is 5.02 Å². The Kier molecular flexibility index (Phi) is 7.03. The molecule has 0 saturated heterocycles. The van der Waals surface area contributed by atoms with Crippen LogP contribution in [0.4, 0.5) is 0 Å². The highest BCUT2D eigenvalue weighted by Crippen LogP contribution is 2.26. The van der Waals surface area contributed by atoms with Crippen molar-refractivity contribution < 1.29 is 18.3 Å². The molecule has 154 valence electrons. The predicted octanol–water partition coefficient (Wildman–Crippen LogP) is 2.42. The molecule has 1 amide bonds. The summed E-state index contributed by atoms with van der Waals surface area (Å²) in [6.45, 7) is 2.77. The van der Waals surface area contributed by atoms with E-state index in [9.17, 15) is 18.3 Å². The first-order chi connectivity index (χ1) is 13.4. The van der Waals surface area contributed by atoms with E-state index in [1.807, 2.05) is 6.07 Å². The SMILES string of the molecule is CC(C)(O)CC(C(N)=O)N(Cc1ccc(C#N)cc1)S(=O)(=O)c1ccc(Cl)cc1. The van der Waals surface area contributed by atoms with Crippen LogP contribution in [0.25, 0.3) is 0 Å². The fraction of sp³-hybridized carbons (Fsp3) is 0.300. The first kappa shape index (κ1) is 22.8. The first-order valence-corrected chi connectivity index (χ1v) is 10.5. The van der Waals surface area contributed by atoms with Gasteiger partial charge in [0.2, 0.25) is 15.9 Å². The number of halogens is 1. The topological polar surface area (TPSA) is 124 Å². The highest BCUT2D eigenvalue weighted by molar-refractivity contribution is 7.89. The fourth-order valence-corrected chi connectivity index (χ4v) is 4.50. The third-order valence-corrected chi connectivity index (χ3v) is 6.33. The highest BCUT2D eigenvalue weighted by Gasteiger charge is 2.38. The summed E-state index contributed by atoms with van der Waals surface area (Å²) >= 11 is 5.86. The van der Waals surface area contributed by atoms with Gasteiger partial charge in [0.05, 0.1) is 22.1 Å². The first-order valence-electron chi connectivity index (χ1n) is 8.72. The molecule has 0 radical (unpaired) electrons. The van der Waals surface area contributed by atoms with Crippen molar-refractivity contribution in [1.82, 2.24) is 4.31 Å². The van der Waals surface area contributed by atoms with Crippen molar-refractivity contribution in [3.8, 4) is 6.07 Å². The molecule has 0 bridgehead atoms. The zero-order valence-electron chi connectivity index (χ0n) is 16.0. The molecule has 1 atom stereocenters. The Morgan fingerprint density at radius 1 is 1.21 bits per heavy atom. The van der Waals surface area contributed by atoms with Crippen molar-refractivity contribution >= 4 is 27.5 Å². The smallest absolute Gasteiger partial charge is 0.244 e. The van der Waals surface area contributed by atoms with Gasteiger partial charge in [-0.3, -0.25) is 4.79 Å². The molecule has 9 heteroatoms. The Balaban J connectivity index is 2.54. The maximum atomic E-state index is 13.3. The normalized spacial score (nSPS) is 13.1. The number of amides is 1. The minimum Gasteiger partial charge on any atom is -0.390 e. The van der Waals surface area contributed by atoms with E-state index < -0.39 is 27.6 Å². The molecule has 2 aromatic rings. The molecule has 2 aromatic carbocycles. The predicted molar refractivity (Wildman–Crippen MR) is 109 cm³/mol. The molecule has 0 aliphatic carbocycles. The second-order valence-corrected chi connectivity index (χ2v) is 9.57. The van der Waals surface area contributed by atoms with Gasteiger partial charge >= 0.3 is 0 Å². The maximum absolute atomic E-state index is 13.3. The molecular weight excluding hydrogens is 414 g/mol. The van der Waals surface area contributed by atoms with E-state index in [0.717, 1.165) is 4.31 Å². The van der Waals surface area contributed by atoms with Crippen molar-refractivity contribution in [3.63, 3.8) is 0 Å². The van der Waals surface area contributed by atoms with Crippen LogP contribution in [0.15, 0.2) is 53.4 Å². The molecule has 1 unspecified atom stereocenters. The van der Waals surface area contributed by atoms with Gasteiger partial charge < -0.3 is 10.8 Å². The van der Waals surface area contributed by atoms with Gasteiger partial charge in [0, 0.05) is 18.0 Å². The average molecular weight is 436 g/mol. The Labute approximate surface area is 175 Å². The number of benzene rings is 2. The Hall–Kier alpha value is -2.44. The van der Waals surface area contributed by atoms with Crippen LogP contribution in [0.5, 0.6) is 0 Å². The standard InChI is InChI=1S/C20H22ClN3O4S/c1-20(2,26)11-18(19(23)25)24(13-15-5-3-14(12-22)4-6-15)29(27,28)17-9-7-16(21)8-10-17/h3-10,18,26H,11,13H2,1-2H3,(H2,23,25). The zero-order chi connectivity index (χ0) is 21.8. The Morgan fingerprint density at radius 2 is 1.76 bits per heavy atom. The zero-order valence-corrected chi connectivity index (χ0v) is 17.6. The molecular formula is C20H22ClN3O4S. The van der Waals surface area contributed by atoms with Crippen LogP contribution in [0, 0.1) is 11.3 Å². The van der Waals surface area contributed by atoms with Crippen LogP contribution >= 0.6 is 11.6 Å². The minimum atomic E-state index is -4.15. The van der Waals surface area contributed by atoms with Crippen LogP contribution in [0.3, 0.4) is 0 Å². The molecule has 2 rings (SSSR count). The summed E-state index contributed by atoms with van der Waals surface area (Å²) in [5.41, 5.74) is 5.17. The monoisotopic (exact) mass is 435 g/mol. The molecule has 0 aromatic heterocycles. The van der Waals surface area contributed by atoms with Gasteiger partial charge in [-0.2, -0.15) is 9.57 Å². The largest absolute Gasteiger partial charge is 0.390 e. The maximum Gasteiger partial charge on any atom is 0.244 e. The van der Waals surface area contributed by atoms with Crippen molar-refractivity contribution in [2.45, 2.75) is 43.4 Å². The lowest BCUT2D eigenvalue weighted by molar-refractivity contribution is -0.123.